The number of aryl methyl sites for hydroxylation is 1. The van der Waals surface area contributed by atoms with E-state index < -0.39 is 10.7 Å². The molecule has 0 aromatic heterocycles. The lowest BCUT2D eigenvalue weighted by molar-refractivity contribution is -0.384. The topological polar surface area (TPSA) is 80.4 Å². The third kappa shape index (κ3) is 2.60. The average molecular weight is 257 g/mol. The van der Waals surface area contributed by atoms with Crippen molar-refractivity contribution in [3.63, 3.8) is 0 Å². The number of hydrogen-bond donors (Lipinski definition) is 1. The van der Waals surface area contributed by atoms with Crippen LogP contribution in [0.1, 0.15) is 21.5 Å². The van der Waals surface area contributed by atoms with E-state index in [0.29, 0.717) is 0 Å². The molecule has 0 saturated heterocycles. The van der Waals surface area contributed by atoms with Gasteiger partial charge in [0, 0.05) is 17.7 Å². The molecule has 2 aromatic carbocycles. The molecule has 0 aliphatic heterocycles. The molecule has 0 heterocycles. The number of ketones is 1. The molecule has 0 aliphatic rings. The van der Waals surface area contributed by atoms with Crippen molar-refractivity contribution in [3.8, 4) is 5.75 Å². The highest BCUT2D eigenvalue weighted by Crippen LogP contribution is 2.23. The second kappa shape index (κ2) is 4.89. The van der Waals surface area contributed by atoms with Crippen molar-refractivity contribution in [2.75, 3.05) is 0 Å². The Morgan fingerprint density at radius 1 is 1.21 bits per heavy atom. The molecule has 5 nitrogen and oxygen atoms in total. The summed E-state index contributed by atoms with van der Waals surface area (Å²) in [4.78, 5) is 22.3. The van der Waals surface area contributed by atoms with E-state index >= 15 is 0 Å². The van der Waals surface area contributed by atoms with Crippen LogP contribution in [0.15, 0.2) is 42.5 Å². The Labute approximate surface area is 109 Å². The zero-order valence-corrected chi connectivity index (χ0v) is 10.2. The van der Waals surface area contributed by atoms with E-state index in [-0.39, 0.29) is 22.6 Å². The number of phenolic OH excluding ortho intramolecular Hbond substituents is 1. The summed E-state index contributed by atoms with van der Waals surface area (Å²) in [6, 6.07) is 10.1. The Hall–Kier alpha value is -2.69. The number of non-ortho nitro benzene ring substituents is 1. The van der Waals surface area contributed by atoms with E-state index in [1.165, 1.54) is 30.3 Å². The van der Waals surface area contributed by atoms with E-state index in [1.807, 2.05) is 0 Å². The molecule has 96 valence electrons. The van der Waals surface area contributed by atoms with Gasteiger partial charge in [-0.2, -0.15) is 0 Å². The number of rotatable bonds is 3. The molecule has 2 rings (SSSR count). The van der Waals surface area contributed by atoms with Gasteiger partial charge in [-0.25, -0.2) is 0 Å². The number of nitro benzene ring substituents is 1. The van der Waals surface area contributed by atoms with Crippen molar-refractivity contribution in [2.24, 2.45) is 0 Å². The Kier molecular flexibility index (Phi) is 3.29. The molecule has 0 bridgehead atoms. The molecule has 0 aliphatic carbocycles. The maximum absolute atomic E-state index is 12.2. The normalized spacial score (nSPS) is 10.2. The highest BCUT2D eigenvalue weighted by Gasteiger charge is 2.16. The summed E-state index contributed by atoms with van der Waals surface area (Å²) in [6.07, 6.45) is 0. The van der Waals surface area contributed by atoms with Gasteiger partial charge in [-0.05, 0) is 19.1 Å². The van der Waals surface area contributed by atoms with E-state index in [0.717, 1.165) is 5.56 Å². The maximum Gasteiger partial charge on any atom is 0.270 e. The first kappa shape index (κ1) is 12.8. The first-order valence-corrected chi connectivity index (χ1v) is 5.58. The lowest BCUT2D eigenvalue weighted by atomic mass is 10.0. The molecule has 5 heteroatoms. The second-order valence-electron chi connectivity index (χ2n) is 4.16. The fourth-order valence-corrected chi connectivity index (χ4v) is 1.75. The largest absolute Gasteiger partial charge is 0.507 e. The molecule has 0 atom stereocenters. The summed E-state index contributed by atoms with van der Waals surface area (Å²) in [5, 5.41) is 20.4. The Bertz CT molecular complexity index is 664. The molecule has 0 radical (unpaired) electrons. The zero-order chi connectivity index (χ0) is 14.0. The minimum absolute atomic E-state index is 0.137. The van der Waals surface area contributed by atoms with Crippen LogP contribution in [0, 0.1) is 17.0 Å². The number of nitro groups is 1. The van der Waals surface area contributed by atoms with Crippen LogP contribution in [0.2, 0.25) is 0 Å². The summed E-state index contributed by atoms with van der Waals surface area (Å²) in [5.41, 5.74) is 0.986. The smallest absolute Gasteiger partial charge is 0.270 e. The Balaban J connectivity index is 2.47. The van der Waals surface area contributed by atoms with Crippen LogP contribution in [0.25, 0.3) is 0 Å². The number of carbonyl (C=O) groups excluding carboxylic acids is 1. The van der Waals surface area contributed by atoms with Gasteiger partial charge < -0.3 is 5.11 Å². The van der Waals surface area contributed by atoms with Gasteiger partial charge >= 0.3 is 0 Å². The fraction of sp³-hybridized carbons (Fsp3) is 0.0714. The van der Waals surface area contributed by atoms with Gasteiger partial charge in [0.05, 0.1) is 10.5 Å². The predicted molar refractivity (Wildman–Crippen MR) is 69.4 cm³/mol. The quantitative estimate of drug-likeness (QED) is 0.520. The number of benzene rings is 2. The van der Waals surface area contributed by atoms with Gasteiger partial charge in [-0.15, -0.1) is 0 Å². The summed E-state index contributed by atoms with van der Waals surface area (Å²) in [7, 11) is 0. The summed E-state index contributed by atoms with van der Waals surface area (Å²) in [6.45, 7) is 1.80. The Morgan fingerprint density at radius 2 is 1.95 bits per heavy atom. The van der Waals surface area contributed by atoms with Crippen LogP contribution in [0.3, 0.4) is 0 Å². The average Bonchev–Trinajstić information content (AvgIpc) is 2.41. The van der Waals surface area contributed by atoms with Crippen molar-refractivity contribution in [2.45, 2.75) is 6.92 Å². The van der Waals surface area contributed by atoms with Gasteiger partial charge in [0.2, 0.25) is 0 Å². The van der Waals surface area contributed by atoms with Crippen LogP contribution in [0.5, 0.6) is 5.75 Å². The molecule has 0 spiro atoms. The van der Waals surface area contributed by atoms with Gasteiger partial charge in [0.25, 0.3) is 5.69 Å². The molecular weight excluding hydrogens is 246 g/mol. The van der Waals surface area contributed by atoms with E-state index in [1.54, 1.807) is 19.1 Å². The minimum atomic E-state index is -0.563. The van der Waals surface area contributed by atoms with Gasteiger partial charge in [0.15, 0.2) is 5.78 Å². The van der Waals surface area contributed by atoms with E-state index in [2.05, 4.69) is 0 Å². The predicted octanol–water partition coefficient (Wildman–Crippen LogP) is 2.84. The minimum Gasteiger partial charge on any atom is -0.507 e. The third-order valence-corrected chi connectivity index (χ3v) is 2.72. The number of nitrogens with zero attached hydrogens (tertiary/aromatic N) is 1. The molecular formula is C14H11NO4. The first-order chi connectivity index (χ1) is 8.99. The molecule has 2 aromatic rings. The standard InChI is InChI=1S/C14H11NO4/c1-9-5-6-13(16)12(7-9)14(17)10-3-2-4-11(8-10)15(18)19/h2-8,16H,1H3. The van der Waals surface area contributed by atoms with Crippen molar-refractivity contribution in [1.29, 1.82) is 0 Å². The molecule has 0 amide bonds. The third-order valence-electron chi connectivity index (χ3n) is 2.72. The number of phenols is 1. The van der Waals surface area contributed by atoms with Crippen molar-refractivity contribution >= 4 is 11.5 Å². The Morgan fingerprint density at radius 3 is 2.63 bits per heavy atom. The van der Waals surface area contributed by atoms with Crippen LogP contribution in [0.4, 0.5) is 5.69 Å². The van der Waals surface area contributed by atoms with Crippen molar-refractivity contribution in [1.82, 2.24) is 0 Å². The lowest BCUT2D eigenvalue weighted by Crippen LogP contribution is -2.03. The highest BCUT2D eigenvalue weighted by atomic mass is 16.6. The molecule has 1 N–H and O–H groups in total. The van der Waals surface area contributed by atoms with E-state index in [9.17, 15) is 20.0 Å². The maximum atomic E-state index is 12.2. The lowest BCUT2D eigenvalue weighted by Gasteiger charge is -2.05. The number of hydrogen-bond acceptors (Lipinski definition) is 4. The second-order valence-corrected chi connectivity index (χ2v) is 4.16. The first-order valence-electron chi connectivity index (χ1n) is 5.58. The monoisotopic (exact) mass is 257 g/mol. The zero-order valence-electron chi connectivity index (χ0n) is 10.2. The van der Waals surface area contributed by atoms with Crippen LogP contribution >= 0.6 is 0 Å². The van der Waals surface area contributed by atoms with Gasteiger partial charge in [0.1, 0.15) is 5.75 Å². The van der Waals surface area contributed by atoms with Crippen LogP contribution in [-0.4, -0.2) is 15.8 Å². The fourth-order valence-electron chi connectivity index (χ4n) is 1.75. The number of aromatic hydroxyl groups is 1. The van der Waals surface area contributed by atoms with Crippen LogP contribution in [-0.2, 0) is 0 Å². The summed E-state index contributed by atoms with van der Waals surface area (Å²) >= 11 is 0. The van der Waals surface area contributed by atoms with Crippen molar-refractivity contribution in [3.05, 3.63) is 69.3 Å². The summed E-state index contributed by atoms with van der Waals surface area (Å²) in [5.74, 6) is -0.577. The van der Waals surface area contributed by atoms with Crippen LogP contribution < -0.4 is 0 Å². The molecule has 19 heavy (non-hydrogen) atoms. The SMILES string of the molecule is Cc1ccc(O)c(C(=O)c2cccc([N+](=O)[O-])c2)c1. The molecule has 0 fully saturated rings. The number of carbonyl (C=O) groups is 1. The van der Waals surface area contributed by atoms with Crippen molar-refractivity contribution < 1.29 is 14.8 Å². The van der Waals surface area contributed by atoms with E-state index in [4.69, 9.17) is 0 Å². The van der Waals surface area contributed by atoms with Gasteiger partial charge in [-0.3, -0.25) is 14.9 Å². The molecule has 0 unspecified atom stereocenters. The molecule has 0 saturated carbocycles. The summed E-state index contributed by atoms with van der Waals surface area (Å²) < 4.78 is 0. The highest BCUT2D eigenvalue weighted by molar-refractivity contribution is 6.11. The van der Waals surface area contributed by atoms with Gasteiger partial charge in [-0.1, -0.05) is 23.8 Å².